The molecule has 0 atom stereocenters. The number of rotatable bonds is 4. The van der Waals surface area contributed by atoms with E-state index in [0.717, 1.165) is 19.3 Å². The summed E-state index contributed by atoms with van der Waals surface area (Å²) in [5, 5.41) is 0. The zero-order valence-corrected chi connectivity index (χ0v) is 7.94. The average Bonchev–Trinajstić information content (AvgIpc) is 2.67. The van der Waals surface area contributed by atoms with Gasteiger partial charge in [-0.25, -0.2) is 10.9 Å². The molecule has 1 rings (SSSR count). The van der Waals surface area contributed by atoms with Gasteiger partial charge >= 0.3 is 0 Å². The maximum atomic E-state index is 5.15. The molecule has 0 aromatic rings. The number of terminal acetylenes is 1. The molecule has 0 saturated carbocycles. The summed E-state index contributed by atoms with van der Waals surface area (Å²) in [7, 11) is 0. The highest BCUT2D eigenvalue weighted by molar-refractivity contribution is 14.1. The Bertz CT molecular complexity index is 146. The number of hydrazine groups is 1. The van der Waals surface area contributed by atoms with E-state index in [1.807, 2.05) is 0 Å². The molecular formula is C7H11IN2. The predicted octanol–water partition coefficient (Wildman–Crippen LogP) is 1.03. The van der Waals surface area contributed by atoms with E-state index >= 15 is 0 Å². The van der Waals surface area contributed by atoms with Gasteiger partial charge in [0.25, 0.3) is 0 Å². The van der Waals surface area contributed by atoms with Crippen molar-refractivity contribution >= 4 is 22.6 Å². The Morgan fingerprint density at radius 1 is 1.40 bits per heavy atom. The molecule has 56 valence electrons. The molecule has 0 radical (unpaired) electrons. The lowest BCUT2D eigenvalue weighted by atomic mass is 10.1. The van der Waals surface area contributed by atoms with Crippen LogP contribution in [0.15, 0.2) is 0 Å². The van der Waals surface area contributed by atoms with Gasteiger partial charge in [0.1, 0.15) is 0 Å². The third kappa shape index (κ3) is 2.11. The molecule has 2 N–H and O–H groups in total. The number of hydrogen-bond acceptors (Lipinski definition) is 2. The van der Waals surface area contributed by atoms with Gasteiger partial charge in [0.2, 0.25) is 0 Å². The summed E-state index contributed by atoms with van der Waals surface area (Å²) in [5.74, 6) is 2.64. The first-order valence-electron chi connectivity index (χ1n) is 3.37. The number of hydrogen-bond donors (Lipinski definition) is 2. The lowest BCUT2D eigenvalue weighted by Crippen LogP contribution is -2.17. The van der Waals surface area contributed by atoms with E-state index in [-0.39, 0.29) is 5.66 Å². The van der Waals surface area contributed by atoms with E-state index in [1.165, 1.54) is 4.43 Å². The van der Waals surface area contributed by atoms with E-state index in [9.17, 15) is 0 Å². The Morgan fingerprint density at radius 2 is 2.10 bits per heavy atom. The van der Waals surface area contributed by atoms with E-state index in [0.29, 0.717) is 0 Å². The average molecular weight is 250 g/mol. The molecule has 1 saturated heterocycles. The Hall–Kier alpha value is 0.210. The van der Waals surface area contributed by atoms with Crippen molar-refractivity contribution in [2.45, 2.75) is 24.9 Å². The molecule has 0 spiro atoms. The summed E-state index contributed by atoms with van der Waals surface area (Å²) in [5.41, 5.74) is 6.47. The van der Waals surface area contributed by atoms with Gasteiger partial charge < -0.3 is 0 Å². The van der Waals surface area contributed by atoms with Gasteiger partial charge in [0.15, 0.2) is 0 Å². The largest absolute Gasteiger partial charge is 0.235 e. The van der Waals surface area contributed by atoms with Gasteiger partial charge in [0, 0.05) is 10.8 Å². The van der Waals surface area contributed by atoms with Crippen LogP contribution in [0.4, 0.5) is 0 Å². The summed E-state index contributed by atoms with van der Waals surface area (Å²) in [6, 6.07) is 0. The van der Waals surface area contributed by atoms with Crippen molar-refractivity contribution in [3.05, 3.63) is 0 Å². The van der Waals surface area contributed by atoms with Crippen molar-refractivity contribution in [2.75, 3.05) is 4.43 Å². The molecule has 0 unspecified atom stereocenters. The Kier molecular flexibility index (Phi) is 2.96. The third-order valence-corrected chi connectivity index (χ3v) is 2.24. The first-order chi connectivity index (χ1) is 4.83. The minimum absolute atomic E-state index is 0.202. The van der Waals surface area contributed by atoms with E-state index in [4.69, 9.17) is 6.42 Å². The Labute approximate surface area is 75.3 Å². The van der Waals surface area contributed by atoms with E-state index in [1.54, 1.807) is 0 Å². The highest BCUT2D eigenvalue weighted by Gasteiger charge is 2.39. The quantitative estimate of drug-likeness (QED) is 0.339. The lowest BCUT2D eigenvalue weighted by molar-refractivity contribution is 0.551. The zero-order valence-electron chi connectivity index (χ0n) is 5.78. The van der Waals surface area contributed by atoms with Gasteiger partial charge in [-0.2, -0.15) is 0 Å². The summed E-state index contributed by atoms with van der Waals surface area (Å²) < 4.78 is 1.17. The fourth-order valence-electron chi connectivity index (χ4n) is 0.910. The fraction of sp³-hybridized carbons (Fsp3) is 0.714. The first-order valence-corrected chi connectivity index (χ1v) is 4.89. The van der Waals surface area contributed by atoms with Crippen molar-refractivity contribution in [3.8, 4) is 12.3 Å². The fourth-order valence-corrected chi connectivity index (χ4v) is 1.83. The van der Waals surface area contributed by atoms with Crippen molar-refractivity contribution in [3.63, 3.8) is 0 Å². The van der Waals surface area contributed by atoms with Gasteiger partial charge in [-0.15, -0.1) is 12.3 Å². The summed E-state index contributed by atoms with van der Waals surface area (Å²) in [6.45, 7) is 0. The van der Waals surface area contributed by atoms with Gasteiger partial charge in [-0.1, -0.05) is 22.6 Å². The number of halogens is 1. The highest BCUT2D eigenvalue weighted by atomic mass is 127. The van der Waals surface area contributed by atoms with Crippen LogP contribution in [-0.2, 0) is 0 Å². The van der Waals surface area contributed by atoms with Gasteiger partial charge in [-0.3, -0.25) is 0 Å². The minimum atomic E-state index is 0.202. The standard InChI is InChI=1S/C7H11IN2/c1-2-3-4-7(5-6-8)9-10-7/h1,9-10H,3-6H2. The molecule has 0 bridgehead atoms. The lowest BCUT2D eigenvalue weighted by Gasteiger charge is -2.05. The number of alkyl halides is 1. The van der Waals surface area contributed by atoms with Crippen molar-refractivity contribution < 1.29 is 0 Å². The Morgan fingerprint density at radius 3 is 2.50 bits per heavy atom. The molecule has 0 amide bonds. The summed E-state index contributed by atoms with van der Waals surface area (Å²) >= 11 is 2.37. The molecular weight excluding hydrogens is 239 g/mol. The molecule has 1 heterocycles. The maximum Gasteiger partial charge on any atom is 0.0959 e. The van der Waals surface area contributed by atoms with E-state index in [2.05, 4.69) is 39.4 Å². The molecule has 0 aromatic heterocycles. The second kappa shape index (κ2) is 3.56. The predicted molar refractivity (Wildman–Crippen MR) is 50.6 cm³/mol. The van der Waals surface area contributed by atoms with Crippen molar-refractivity contribution in [1.82, 2.24) is 10.9 Å². The van der Waals surface area contributed by atoms with Crippen LogP contribution in [0.1, 0.15) is 19.3 Å². The molecule has 3 heteroatoms. The van der Waals surface area contributed by atoms with Gasteiger partial charge in [-0.05, 0) is 12.8 Å². The molecule has 1 aliphatic rings. The van der Waals surface area contributed by atoms with Crippen LogP contribution < -0.4 is 10.9 Å². The molecule has 0 aliphatic carbocycles. The Balaban J connectivity index is 2.18. The van der Waals surface area contributed by atoms with Crippen LogP contribution >= 0.6 is 22.6 Å². The van der Waals surface area contributed by atoms with Gasteiger partial charge in [0.05, 0.1) is 5.66 Å². The smallest absolute Gasteiger partial charge is 0.0959 e. The molecule has 1 aliphatic heterocycles. The SMILES string of the molecule is C#CCCC1(CCI)NN1. The monoisotopic (exact) mass is 250 g/mol. The van der Waals surface area contributed by atoms with Crippen LogP contribution in [0.2, 0.25) is 0 Å². The topological polar surface area (TPSA) is 43.9 Å². The third-order valence-electron chi connectivity index (χ3n) is 1.70. The highest BCUT2D eigenvalue weighted by Crippen LogP contribution is 2.22. The summed E-state index contributed by atoms with van der Waals surface area (Å²) in [6.07, 6.45) is 8.22. The minimum Gasteiger partial charge on any atom is -0.235 e. The molecule has 10 heavy (non-hydrogen) atoms. The molecule has 1 fully saturated rings. The second-order valence-electron chi connectivity index (χ2n) is 2.48. The van der Waals surface area contributed by atoms with Crippen LogP contribution in [0.25, 0.3) is 0 Å². The van der Waals surface area contributed by atoms with Crippen LogP contribution in [0.3, 0.4) is 0 Å². The normalized spacial score (nSPS) is 20.0. The van der Waals surface area contributed by atoms with Crippen LogP contribution in [-0.4, -0.2) is 10.1 Å². The van der Waals surface area contributed by atoms with Crippen molar-refractivity contribution in [1.29, 1.82) is 0 Å². The number of nitrogens with one attached hydrogen (secondary N) is 2. The molecule has 2 nitrogen and oxygen atoms in total. The van der Waals surface area contributed by atoms with Crippen LogP contribution in [0.5, 0.6) is 0 Å². The second-order valence-corrected chi connectivity index (χ2v) is 3.55. The zero-order chi connectivity index (χ0) is 7.45. The van der Waals surface area contributed by atoms with Crippen LogP contribution in [0, 0.1) is 12.3 Å². The van der Waals surface area contributed by atoms with Crippen molar-refractivity contribution in [2.24, 2.45) is 0 Å². The summed E-state index contributed by atoms with van der Waals surface area (Å²) in [4.78, 5) is 0. The molecule has 0 aromatic carbocycles. The van der Waals surface area contributed by atoms with E-state index < -0.39 is 0 Å². The maximum absolute atomic E-state index is 5.15. The first kappa shape index (κ1) is 8.31.